The standard InChI is InChI=1S/C17H15ClN4S.C3H6O2/c1-9-10(2)23-17-15(9)16(12-4-6-13(18)7-5-12)19-8-14-21-20-11(3)22(14)17;1-3(4)5-2/h4-7H,8H2,1-3H3;1-2H3. The third-order valence-electron chi connectivity index (χ3n) is 4.48. The normalized spacial score (nSPS) is 12.1. The van der Waals surface area contributed by atoms with Crippen molar-refractivity contribution in [2.45, 2.75) is 34.2 Å². The number of aryl methyl sites for hydroxylation is 2. The summed E-state index contributed by atoms with van der Waals surface area (Å²) in [5, 5.41) is 10.4. The highest BCUT2D eigenvalue weighted by Gasteiger charge is 2.26. The zero-order chi connectivity index (χ0) is 20.4. The number of aliphatic imine (C=N–C) groups is 1. The van der Waals surface area contributed by atoms with Crippen molar-refractivity contribution in [2.75, 3.05) is 7.11 Å². The maximum atomic E-state index is 9.59. The minimum Gasteiger partial charge on any atom is -0.469 e. The van der Waals surface area contributed by atoms with Crippen molar-refractivity contribution in [3.05, 3.63) is 62.5 Å². The van der Waals surface area contributed by atoms with Crippen LogP contribution in [-0.2, 0) is 16.1 Å². The Morgan fingerprint density at radius 3 is 2.43 bits per heavy atom. The number of hydrogen-bond acceptors (Lipinski definition) is 6. The molecule has 0 unspecified atom stereocenters. The first-order valence-corrected chi connectivity index (χ1v) is 9.89. The summed E-state index contributed by atoms with van der Waals surface area (Å²) in [6, 6.07) is 7.86. The summed E-state index contributed by atoms with van der Waals surface area (Å²) < 4.78 is 6.24. The van der Waals surface area contributed by atoms with Crippen molar-refractivity contribution in [3.8, 4) is 5.00 Å². The number of hydrogen-bond donors (Lipinski definition) is 0. The molecule has 3 aromatic rings. The molecule has 146 valence electrons. The number of esters is 1. The minimum absolute atomic E-state index is 0.245. The summed E-state index contributed by atoms with van der Waals surface area (Å²) in [6.07, 6.45) is 0. The van der Waals surface area contributed by atoms with E-state index < -0.39 is 0 Å². The smallest absolute Gasteiger partial charge is 0.302 e. The van der Waals surface area contributed by atoms with E-state index in [1.54, 1.807) is 11.3 Å². The number of halogens is 1. The van der Waals surface area contributed by atoms with Crippen molar-refractivity contribution in [1.82, 2.24) is 14.8 Å². The molecule has 0 amide bonds. The highest BCUT2D eigenvalue weighted by atomic mass is 35.5. The van der Waals surface area contributed by atoms with Gasteiger partial charge >= 0.3 is 5.97 Å². The van der Waals surface area contributed by atoms with Crippen LogP contribution >= 0.6 is 22.9 Å². The lowest BCUT2D eigenvalue weighted by molar-refractivity contribution is -0.137. The molecule has 0 saturated heterocycles. The molecule has 1 aromatic carbocycles. The van der Waals surface area contributed by atoms with Gasteiger partial charge in [0.15, 0.2) is 5.82 Å². The maximum absolute atomic E-state index is 9.59. The largest absolute Gasteiger partial charge is 0.469 e. The molecule has 0 aliphatic carbocycles. The molecule has 0 radical (unpaired) electrons. The maximum Gasteiger partial charge on any atom is 0.302 e. The predicted octanol–water partition coefficient (Wildman–Crippen LogP) is 4.44. The van der Waals surface area contributed by atoms with E-state index in [0.717, 1.165) is 32.9 Å². The van der Waals surface area contributed by atoms with Gasteiger partial charge in [0.25, 0.3) is 0 Å². The lowest BCUT2D eigenvalue weighted by atomic mass is 10.00. The summed E-state index contributed by atoms with van der Waals surface area (Å²) in [7, 11) is 1.35. The van der Waals surface area contributed by atoms with Crippen molar-refractivity contribution in [1.29, 1.82) is 0 Å². The molecule has 4 rings (SSSR count). The third kappa shape index (κ3) is 3.86. The molecule has 0 atom stereocenters. The fourth-order valence-corrected chi connectivity index (χ4v) is 4.24. The molecule has 2 aromatic heterocycles. The summed E-state index contributed by atoms with van der Waals surface area (Å²) in [5.41, 5.74) is 4.52. The molecule has 0 bridgehead atoms. The molecule has 1 aliphatic rings. The Bertz CT molecular complexity index is 1050. The van der Waals surface area contributed by atoms with Gasteiger partial charge in [-0.3, -0.25) is 14.4 Å². The molecule has 28 heavy (non-hydrogen) atoms. The van der Waals surface area contributed by atoms with Gasteiger partial charge in [-0.15, -0.1) is 21.5 Å². The summed E-state index contributed by atoms with van der Waals surface area (Å²) >= 11 is 7.80. The molecular formula is C20H21ClN4O2S. The van der Waals surface area contributed by atoms with Gasteiger partial charge in [0.2, 0.25) is 0 Å². The van der Waals surface area contributed by atoms with E-state index in [1.807, 2.05) is 31.2 Å². The first kappa shape index (κ1) is 20.2. The number of carbonyl (C=O) groups is 1. The van der Waals surface area contributed by atoms with E-state index in [0.29, 0.717) is 6.54 Å². The van der Waals surface area contributed by atoms with Crippen LogP contribution in [0.25, 0.3) is 5.00 Å². The predicted molar refractivity (Wildman–Crippen MR) is 112 cm³/mol. The quantitative estimate of drug-likeness (QED) is 0.550. The number of thiophene rings is 1. The second kappa shape index (κ2) is 8.24. The molecule has 8 heteroatoms. The molecule has 0 fully saturated rings. The van der Waals surface area contributed by atoms with Gasteiger partial charge in [0.1, 0.15) is 17.4 Å². The van der Waals surface area contributed by atoms with Crippen LogP contribution in [0.15, 0.2) is 29.3 Å². The van der Waals surface area contributed by atoms with Crippen LogP contribution in [0.4, 0.5) is 0 Å². The average molecular weight is 417 g/mol. The number of methoxy groups -OCH3 is 1. The summed E-state index contributed by atoms with van der Waals surface area (Å²) in [5.74, 6) is 1.54. The first-order chi connectivity index (χ1) is 13.3. The van der Waals surface area contributed by atoms with Crippen LogP contribution in [0.2, 0.25) is 5.02 Å². The van der Waals surface area contributed by atoms with Gasteiger partial charge in [0.05, 0.1) is 12.8 Å². The van der Waals surface area contributed by atoms with E-state index in [2.05, 4.69) is 33.3 Å². The summed E-state index contributed by atoms with van der Waals surface area (Å²) in [6.45, 7) is 8.17. The molecular weight excluding hydrogens is 396 g/mol. The van der Waals surface area contributed by atoms with Gasteiger partial charge in [-0.2, -0.15) is 0 Å². The van der Waals surface area contributed by atoms with Crippen molar-refractivity contribution < 1.29 is 9.53 Å². The average Bonchev–Trinajstić information content (AvgIpc) is 3.11. The number of ether oxygens (including phenoxy) is 1. The first-order valence-electron chi connectivity index (χ1n) is 8.70. The second-order valence-corrected chi connectivity index (χ2v) is 7.97. The van der Waals surface area contributed by atoms with Gasteiger partial charge < -0.3 is 4.74 Å². The molecule has 0 spiro atoms. The Morgan fingerprint density at radius 2 is 1.82 bits per heavy atom. The van der Waals surface area contributed by atoms with Crippen LogP contribution in [0.3, 0.4) is 0 Å². The van der Waals surface area contributed by atoms with Gasteiger partial charge in [-0.25, -0.2) is 0 Å². The SMILES string of the molecule is COC(C)=O.Cc1sc2c(c1C)C(c1ccc(Cl)cc1)=NCc1nnc(C)n1-2. The Morgan fingerprint density at radius 1 is 1.18 bits per heavy atom. The monoisotopic (exact) mass is 416 g/mol. The number of carbonyl (C=O) groups excluding carboxylic acids is 1. The van der Waals surface area contributed by atoms with Crippen LogP contribution in [0, 0.1) is 20.8 Å². The van der Waals surface area contributed by atoms with Gasteiger partial charge in [-0.1, -0.05) is 23.7 Å². The Hall–Kier alpha value is -2.51. The minimum atomic E-state index is -0.245. The van der Waals surface area contributed by atoms with Crippen LogP contribution in [-0.4, -0.2) is 33.6 Å². The molecule has 0 N–H and O–H groups in total. The number of fused-ring (bicyclic) bond motifs is 3. The summed E-state index contributed by atoms with van der Waals surface area (Å²) in [4.78, 5) is 15.7. The van der Waals surface area contributed by atoms with Crippen molar-refractivity contribution in [2.24, 2.45) is 4.99 Å². The molecule has 0 saturated carbocycles. The lowest BCUT2D eigenvalue weighted by Crippen LogP contribution is -2.07. The Kier molecular flexibility index (Phi) is 5.96. The Labute approximate surface area is 172 Å². The van der Waals surface area contributed by atoms with Crippen LogP contribution in [0.5, 0.6) is 0 Å². The highest BCUT2D eigenvalue weighted by molar-refractivity contribution is 7.15. The number of rotatable bonds is 1. The lowest BCUT2D eigenvalue weighted by Gasteiger charge is -2.09. The van der Waals surface area contributed by atoms with E-state index >= 15 is 0 Å². The molecule has 6 nitrogen and oxygen atoms in total. The van der Waals surface area contributed by atoms with E-state index in [-0.39, 0.29) is 5.97 Å². The number of benzene rings is 1. The fourth-order valence-electron chi connectivity index (χ4n) is 2.89. The van der Waals surface area contributed by atoms with Crippen molar-refractivity contribution >= 4 is 34.6 Å². The van der Waals surface area contributed by atoms with Crippen LogP contribution in [0.1, 0.15) is 40.1 Å². The second-order valence-electron chi connectivity index (χ2n) is 6.33. The van der Waals surface area contributed by atoms with Crippen LogP contribution < -0.4 is 0 Å². The highest BCUT2D eigenvalue weighted by Crippen LogP contribution is 2.36. The molecule has 1 aliphatic heterocycles. The third-order valence-corrected chi connectivity index (χ3v) is 5.93. The van der Waals surface area contributed by atoms with E-state index in [4.69, 9.17) is 16.6 Å². The van der Waals surface area contributed by atoms with E-state index in [9.17, 15) is 4.79 Å². The number of aromatic nitrogens is 3. The zero-order valence-corrected chi connectivity index (χ0v) is 18.0. The molecule has 3 heterocycles. The topological polar surface area (TPSA) is 69.4 Å². The Balaban J connectivity index is 0.000000403. The van der Waals surface area contributed by atoms with Crippen molar-refractivity contribution in [3.63, 3.8) is 0 Å². The zero-order valence-electron chi connectivity index (χ0n) is 16.4. The number of nitrogens with zero attached hydrogens (tertiary/aromatic N) is 4. The van der Waals surface area contributed by atoms with Gasteiger partial charge in [0, 0.05) is 28.0 Å². The van der Waals surface area contributed by atoms with Gasteiger partial charge in [-0.05, 0) is 38.5 Å². The van der Waals surface area contributed by atoms with E-state index in [1.165, 1.54) is 30.0 Å². The fraction of sp³-hybridized carbons (Fsp3) is 0.300.